The average Bonchev–Trinajstić information content (AvgIpc) is 2.35. The van der Waals surface area contributed by atoms with Crippen molar-refractivity contribution < 1.29 is 4.74 Å². The molecule has 1 N–H and O–H groups in total. The van der Waals surface area contributed by atoms with Gasteiger partial charge in [-0.25, -0.2) is 0 Å². The number of anilines is 1. The van der Waals surface area contributed by atoms with Crippen molar-refractivity contribution in [2.75, 3.05) is 38.2 Å². The average molecular weight is 291 g/mol. The Hall–Kier alpha value is -0.620. The molecule has 18 heavy (non-hydrogen) atoms. The zero-order chi connectivity index (χ0) is 13.0. The lowest BCUT2D eigenvalue weighted by Crippen LogP contribution is -2.42. The standard InChI is InChI=1S/C11H16Cl2N4O/c1-8(7-17-2-4-18-5-3-17)14-9-6-10(12)15-16-11(9)13/h6,8H,2-5,7H2,1H3,(H,14,15). The van der Waals surface area contributed by atoms with Gasteiger partial charge in [0.2, 0.25) is 0 Å². The van der Waals surface area contributed by atoms with Crippen LogP contribution in [0.15, 0.2) is 6.07 Å². The Morgan fingerprint density at radius 3 is 2.83 bits per heavy atom. The highest BCUT2D eigenvalue weighted by atomic mass is 35.5. The van der Waals surface area contributed by atoms with E-state index in [1.165, 1.54) is 0 Å². The van der Waals surface area contributed by atoms with Gasteiger partial charge in [0, 0.05) is 31.7 Å². The maximum absolute atomic E-state index is 5.95. The first-order valence-corrected chi connectivity index (χ1v) is 6.66. The molecule has 1 fully saturated rings. The van der Waals surface area contributed by atoms with Gasteiger partial charge < -0.3 is 10.1 Å². The summed E-state index contributed by atoms with van der Waals surface area (Å²) >= 11 is 11.7. The number of hydrogen-bond acceptors (Lipinski definition) is 5. The Bertz CT molecular complexity index is 399. The van der Waals surface area contributed by atoms with Crippen LogP contribution in [-0.4, -0.2) is 54.0 Å². The minimum Gasteiger partial charge on any atom is -0.379 e. The summed E-state index contributed by atoms with van der Waals surface area (Å²) in [4.78, 5) is 2.35. The van der Waals surface area contributed by atoms with Crippen LogP contribution in [0.25, 0.3) is 0 Å². The number of ether oxygens (including phenoxy) is 1. The Morgan fingerprint density at radius 2 is 2.11 bits per heavy atom. The number of hydrogen-bond donors (Lipinski definition) is 1. The number of nitrogens with zero attached hydrogens (tertiary/aromatic N) is 3. The fraction of sp³-hybridized carbons (Fsp3) is 0.636. The summed E-state index contributed by atoms with van der Waals surface area (Å²) in [6.45, 7) is 6.57. The third kappa shape index (κ3) is 3.95. The molecule has 7 heteroatoms. The molecular weight excluding hydrogens is 275 g/mol. The van der Waals surface area contributed by atoms with Crippen molar-refractivity contribution >= 4 is 28.9 Å². The van der Waals surface area contributed by atoms with Crippen LogP contribution in [0.2, 0.25) is 10.3 Å². The molecule has 1 atom stereocenters. The second-order valence-electron chi connectivity index (χ2n) is 4.33. The van der Waals surface area contributed by atoms with Gasteiger partial charge in [0.05, 0.1) is 18.9 Å². The molecule has 0 aliphatic carbocycles. The third-order valence-corrected chi connectivity index (χ3v) is 3.22. The quantitative estimate of drug-likeness (QED) is 0.918. The van der Waals surface area contributed by atoms with Crippen LogP contribution in [0.3, 0.4) is 0 Å². The first kappa shape index (κ1) is 13.8. The van der Waals surface area contributed by atoms with Crippen LogP contribution < -0.4 is 5.32 Å². The summed E-state index contributed by atoms with van der Waals surface area (Å²) < 4.78 is 5.32. The van der Waals surface area contributed by atoms with Gasteiger partial charge in [0.15, 0.2) is 10.3 Å². The van der Waals surface area contributed by atoms with Crippen LogP contribution in [0.5, 0.6) is 0 Å². The van der Waals surface area contributed by atoms with Gasteiger partial charge in [0.1, 0.15) is 0 Å². The van der Waals surface area contributed by atoms with Crippen LogP contribution >= 0.6 is 23.2 Å². The lowest BCUT2D eigenvalue weighted by Gasteiger charge is -2.29. The van der Waals surface area contributed by atoms with Crippen LogP contribution in [0.1, 0.15) is 6.92 Å². The van der Waals surface area contributed by atoms with Crippen molar-refractivity contribution in [1.82, 2.24) is 15.1 Å². The molecule has 1 aliphatic rings. The molecule has 0 saturated carbocycles. The molecule has 1 saturated heterocycles. The maximum Gasteiger partial charge on any atom is 0.174 e. The van der Waals surface area contributed by atoms with Crippen LogP contribution in [-0.2, 0) is 4.74 Å². The summed E-state index contributed by atoms with van der Waals surface area (Å²) in [5.41, 5.74) is 0.720. The Morgan fingerprint density at radius 1 is 1.39 bits per heavy atom. The van der Waals surface area contributed by atoms with Crippen LogP contribution in [0.4, 0.5) is 5.69 Å². The van der Waals surface area contributed by atoms with Crippen molar-refractivity contribution in [3.05, 3.63) is 16.4 Å². The van der Waals surface area contributed by atoms with Gasteiger partial charge in [-0.05, 0) is 6.92 Å². The Kier molecular flexibility index (Phi) is 5.00. The summed E-state index contributed by atoms with van der Waals surface area (Å²) in [6, 6.07) is 1.94. The largest absolute Gasteiger partial charge is 0.379 e. The van der Waals surface area contributed by atoms with Gasteiger partial charge in [-0.1, -0.05) is 23.2 Å². The fourth-order valence-corrected chi connectivity index (χ4v) is 2.23. The smallest absolute Gasteiger partial charge is 0.174 e. The number of rotatable bonds is 4. The van der Waals surface area contributed by atoms with Crippen molar-refractivity contribution in [2.45, 2.75) is 13.0 Å². The fourth-order valence-electron chi connectivity index (χ4n) is 1.94. The summed E-state index contributed by atoms with van der Waals surface area (Å²) in [7, 11) is 0. The molecule has 0 amide bonds. The first-order chi connectivity index (χ1) is 8.65. The Labute approximate surface area is 116 Å². The van der Waals surface area contributed by atoms with Gasteiger partial charge in [-0.3, -0.25) is 4.90 Å². The zero-order valence-corrected chi connectivity index (χ0v) is 11.7. The van der Waals surface area contributed by atoms with Crippen LogP contribution in [0, 0.1) is 0 Å². The zero-order valence-electron chi connectivity index (χ0n) is 10.2. The van der Waals surface area contributed by atoms with Crippen molar-refractivity contribution in [1.29, 1.82) is 0 Å². The highest BCUT2D eigenvalue weighted by Crippen LogP contribution is 2.21. The summed E-state index contributed by atoms with van der Waals surface area (Å²) in [5, 5.41) is 11.4. The SMILES string of the molecule is CC(CN1CCOCC1)Nc1cc(Cl)nnc1Cl. The van der Waals surface area contributed by atoms with E-state index in [0.717, 1.165) is 38.5 Å². The molecule has 2 rings (SSSR count). The van der Waals surface area contributed by atoms with Crippen molar-refractivity contribution in [3.63, 3.8) is 0 Å². The molecule has 0 radical (unpaired) electrons. The molecule has 0 spiro atoms. The third-order valence-electron chi connectivity index (χ3n) is 2.76. The Balaban J connectivity index is 1.89. The highest BCUT2D eigenvalue weighted by Gasteiger charge is 2.14. The lowest BCUT2D eigenvalue weighted by molar-refractivity contribution is 0.0368. The van der Waals surface area contributed by atoms with Gasteiger partial charge in [0.25, 0.3) is 0 Å². The monoisotopic (exact) mass is 290 g/mol. The second-order valence-corrected chi connectivity index (χ2v) is 5.08. The molecular formula is C11H16Cl2N4O. The van der Waals surface area contributed by atoms with E-state index in [-0.39, 0.29) is 6.04 Å². The van der Waals surface area contributed by atoms with Crippen molar-refractivity contribution in [3.8, 4) is 0 Å². The summed E-state index contributed by atoms with van der Waals surface area (Å²) in [5.74, 6) is 0. The first-order valence-electron chi connectivity index (χ1n) is 5.90. The minimum atomic E-state index is 0.251. The molecule has 0 aromatic carbocycles. The van der Waals surface area contributed by atoms with E-state index in [9.17, 15) is 0 Å². The topological polar surface area (TPSA) is 50.3 Å². The molecule has 1 aromatic heterocycles. The predicted molar refractivity (Wildman–Crippen MR) is 72.4 cm³/mol. The molecule has 1 aromatic rings. The molecule has 0 bridgehead atoms. The van der Waals surface area contributed by atoms with E-state index in [0.29, 0.717) is 10.3 Å². The van der Waals surface area contributed by atoms with E-state index in [1.807, 2.05) is 0 Å². The van der Waals surface area contributed by atoms with E-state index in [1.54, 1.807) is 6.07 Å². The normalized spacial score (nSPS) is 18.6. The van der Waals surface area contributed by atoms with E-state index in [4.69, 9.17) is 27.9 Å². The molecule has 2 heterocycles. The van der Waals surface area contributed by atoms with Crippen molar-refractivity contribution in [2.24, 2.45) is 0 Å². The van der Waals surface area contributed by atoms with Gasteiger partial charge >= 0.3 is 0 Å². The van der Waals surface area contributed by atoms with E-state index < -0.39 is 0 Å². The summed E-state index contributed by atoms with van der Waals surface area (Å²) in [6.07, 6.45) is 0. The lowest BCUT2D eigenvalue weighted by atomic mass is 10.2. The predicted octanol–water partition coefficient (Wildman–Crippen LogP) is 1.92. The second kappa shape index (κ2) is 6.52. The van der Waals surface area contributed by atoms with E-state index >= 15 is 0 Å². The number of aromatic nitrogens is 2. The molecule has 100 valence electrons. The molecule has 5 nitrogen and oxygen atoms in total. The van der Waals surface area contributed by atoms with E-state index in [2.05, 4.69) is 27.3 Å². The number of morpholine rings is 1. The number of halogens is 2. The molecule has 1 unspecified atom stereocenters. The van der Waals surface area contributed by atoms with Gasteiger partial charge in [-0.2, -0.15) is 0 Å². The maximum atomic E-state index is 5.95. The van der Waals surface area contributed by atoms with Gasteiger partial charge in [-0.15, -0.1) is 10.2 Å². The molecule has 1 aliphatic heterocycles. The highest BCUT2D eigenvalue weighted by molar-refractivity contribution is 6.33. The number of nitrogens with one attached hydrogen (secondary N) is 1. The minimum absolute atomic E-state index is 0.251.